The first-order chi connectivity index (χ1) is 5.62. The van der Waals surface area contributed by atoms with Gasteiger partial charge in [0.2, 0.25) is 0 Å². The van der Waals surface area contributed by atoms with Gasteiger partial charge in [-0.15, -0.1) is 23.2 Å². The minimum absolute atomic E-state index is 0. The Bertz CT molecular complexity index is 97.4. The lowest BCUT2D eigenvalue weighted by atomic mass is 10.1. The predicted molar refractivity (Wildman–Crippen MR) is 68.8 cm³/mol. The monoisotopic (exact) mass is 244 g/mol. The lowest BCUT2D eigenvalue weighted by Gasteiger charge is -2.30. The van der Waals surface area contributed by atoms with E-state index in [0.717, 1.165) is 0 Å². The second kappa shape index (κ2) is 8.82. The van der Waals surface area contributed by atoms with Crippen LogP contribution in [0.5, 0.6) is 0 Å². The average molecular weight is 245 g/mol. The van der Waals surface area contributed by atoms with Crippen LogP contribution in [0, 0.1) is 0 Å². The molecule has 0 unspecified atom stereocenters. The number of hydrogen-bond donors (Lipinski definition) is 0. The molecule has 3 heteroatoms. The molecule has 0 saturated carbocycles. The molecule has 0 N–H and O–H groups in total. The Labute approximate surface area is 100 Å². The Kier molecular flexibility index (Phi) is 12.6. The molecule has 90 valence electrons. The van der Waals surface area contributed by atoms with Gasteiger partial charge < -0.3 is 4.74 Å². The molecule has 0 radical (unpaired) electrons. The van der Waals surface area contributed by atoms with Crippen LogP contribution in [0.4, 0.5) is 0 Å². The average Bonchev–Trinajstić information content (AvgIpc) is 1.80. The molecule has 0 aromatic carbocycles. The predicted octanol–water partition coefficient (Wildman–Crippen LogP) is 4.70. The van der Waals surface area contributed by atoms with E-state index < -0.39 is 0 Å². The molecule has 0 saturated heterocycles. The quantitative estimate of drug-likeness (QED) is 0.608. The van der Waals surface area contributed by atoms with Gasteiger partial charge in [0, 0.05) is 11.8 Å². The largest absolute Gasteiger partial charge is 0.370 e. The topological polar surface area (TPSA) is 9.23 Å². The fourth-order valence-electron chi connectivity index (χ4n) is 0.919. The normalized spacial score (nSPS) is 11.1. The van der Waals surface area contributed by atoms with Crippen molar-refractivity contribution in [3.8, 4) is 0 Å². The highest BCUT2D eigenvalue weighted by Crippen LogP contribution is 2.17. The van der Waals surface area contributed by atoms with E-state index >= 15 is 0 Å². The third-order valence-electron chi connectivity index (χ3n) is 0.684. The summed E-state index contributed by atoms with van der Waals surface area (Å²) in [4.78, 5) is 0. The molecule has 0 aliphatic heterocycles. The van der Waals surface area contributed by atoms with E-state index in [-0.39, 0.29) is 18.6 Å². The Morgan fingerprint density at radius 1 is 0.786 bits per heavy atom. The summed E-state index contributed by atoms with van der Waals surface area (Å²) < 4.78 is 5.62. The molecule has 0 aliphatic carbocycles. The van der Waals surface area contributed by atoms with Crippen LogP contribution in [0.2, 0.25) is 0 Å². The summed E-state index contributed by atoms with van der Waals surface area (Å²) in [5, 5.41) is 0. The maximum absolute atomic E-state index is 5.62. The second-order valence-electron chi connectivity index (χ2n) is 4.70. The second-order valence-corrected chi connectivity index (χ2v) is 5.46. The van der Waals surface area contributed by atoms with Gasteiger partial charge >= 0.3 is 0 Å². The molecule has 0 bridgehead atoms. The fourth-order valence-corrected chi connectivity index (χ4v) is 0.919. The van der Waals surface area contributed by atoms with Crippen LogP contribution in [-0.2, 0) is 4.74 Å². The van der Waals surface area contributed by atoms with Crippen LogP contribution in [0.25, 0.3) is 0 Å². The summed E-state index contributed by atoms with van der Waals surface area (Å²) in [6.45, 7) is 12.4. The molecule has 0 heterocycles. The van der Waals surface area contributed by atoms with Gasteiger partial charge in [0.1, 0.15) is 0 Å². The summed E-state index contributed by atoms with van der Waals surface area (Å²) >= 11 is 10.1. The van der Waals surface area contributed by atoms with E-state index in [2.05, 4.69) is 41.5 Å². The summed E-state index contributed by atoms with van der Waals surface area (Å²) in [5.41, 5.74) is -0.0312. The Morgan fingerprint density at radius 2 is 1.00 bits per heavy atom. The zero-order valence-electron chi connectivity index (χ0n) is 9.58. The van der Waals surface area contributed by atoms with Crippen molar-refractivity contribution in [2.24, 2.45) is 0 Å². The van der Waals surface area contributed by atoms with Gasteiger partial charge in [0.25, 0.3) is 0 Å². The lowest BCUT2D eigenvalue weighted by molar-refractivity contribution is -0.102. The molecule has 0 aliphatic rings. The highest BCUT2D eigenvalue weighted by Gasteiger charge is 2.19. The van der Waals surface area contributed by atoms with Crippen molar-refractivity contribution in [2.75, 3.05) is 11.8 Å². The highest BCUT2D eigenvalue weighted by molar-refractivity contribution is 6.25. The fraction of sp³-hybridized carbons (Fsp3) is 1.00. The molecule has 0 rings (SSSR count). The van der Waals surface area contributed by atoms with Crippen molar-refractivity contribution in [1.82, 2.24) is 0 Å². The summed E-state index contributed by atoms with van der Waals surface area (Å²) in [5.74, 6) is 1.11. The van der Waals surface area contributed by atoms with Gasteiger partial charge in [-0.2, -0.15) is 0 Å². The summed E-state index contributed by atoms with van der Waals surface area (Å²) in [7, 11) is 0. The molecule has 0 fully saturated rings. The zero-order valence-corrected chi connectivity index (χ0v) is 11.1. The number of ether oxygens (including phenoxy) is 1. The molecular formula is C11H26Cl2O. The van der Waals surface area contributed by atoms with Crippen LogP contribution >= 0.6 is 23.2 Å². The van der Waals surface area contributed by atoms with Crippen molar-refractivity contribution in [1.29, 1.82) is 0 Å². The third-order valence-corrected chi connectivity index (χ3v) is 1.26. The van der Waals surface area contributed by atoms with Crippen molar-refractivity contribution >= 4 is 23.2 Å². The molecule has 0 spiro atoms. The molecule has 0 atom stereocenters. The van der Waals surface area contributed by atoms with Crippen molar-refractivity contribution < 1.29 is 4.74 Å². The molecule has 0 aromatic rings. The van der Waals surface area contributed by atoms with Crippen LogP contribution in [-0.4, -0.2) is 23.0 Å². The van der Waals surface area contributed by atoms with Gasteiger partial charge in [-0.3, -0.25) is 0 Å². The SMILES string of the molecule is C.CC(C)(C)OC(C)(C)C.ClCCCl. The molecular weight excluding hydrogens is 219 g/mol. The van der Waals surface area contributed by atoms with E-state index in [9.17, 15) is 0 Å². The van der Waals surface area contributed by atoms with E-state index in [1.165, 1.54) is 0 Å². The van der Waals surface area contributed by atoms with Gasteiger partial charge in [0.05, 0.1) is 11.2 Å². The molecule has 0 aromatic heterocycles. The maximum atomic E-state index is 5.62. The maximum Gasteiger partial charge on any atom is 0.0605 e. The van der Waals surface area contributed by atoms with Crippen LogP contribution < -0.4 is 0 Å². The van der Waals surface area contributed by atoms with Gasteiger partial charge in [-0.1, -0.05) is 7.43 Å². The highest BCUT2D eigenvalue weighted by atomic mass is 35.5. The first kappa shape index (κ1) is 20.0. The molecule has 0 amide bonds. The zero-order chi connectivity index (χ0) is 11.1. The first-order valence-corrected chi connectivity index (χ1v) is 5.51. The Balaban J connectivity index is -0.000000209. The van der Waals surface area contributed by atoms with Crippen molar-refractivity contribution in [2.45, 2.75) is 60.2 Å². The van der Waals surface area contributed by atoms with E-state index in [1.807, 2.05) is 0 Å². The lowest BCUT2D eigenvalue weighted by Crippen LogP contribution is -2.31. The number of hydrogen-bond acceptors (Lipinski definition) is 1. The standard InChI is InChI=1S/C8H18O.C2H4Cl2.CH4/c1-7(2,3)9-8(4,5)6;3-1-2-4;/h1-6H3;1-2H2;1H4. The smallest absolute Gasteiger partial charge is 0.0605 e. The van der Waals surface area contributed by atoms with E-state index in [4.69, 9.17) is 27.9 Å². The van der Waals surface area contributed by atoms with Crippen LogP contribution in [0.1, 0.15) is 49.0 Å². The number of rotatable bonds is 1. The Hall–Kier alpha value is 0.540. The van der Waals surface area contributed by atoms with Gasteiger partial charge in [0.15, 0.2) is 0 Å². The molecule has 14 heavy (non-hydrogen) atoms. The van der Waals surface area contributed by atoms with Crippen LogP contribution in [0.15, 0.2) is 0 Å². The third kappa shape index (κ3) is 29.4. The van der Waals surface area contributed by atoms with E-state index in [1.54, 1.807) is 0 Å². The van der Waals surface area contributed by atoms with Gasteiger partial charge in [-0.05, 0) is 41.5 Å². The number of alkyl halides is 2. The number of halogens is 2. The van der Waals surface area contributed by atoms with Gasteiger partial charge in [-0.25, -0.2) is 0 Å². The minimum Gasteiger partial charge on any atom is -0.370 e. The minimum atomic E-state index is -0.0156. The molecule has 1 nitrogen and oxygen atoms in total. The van der Waals surface area contributed by atoms with Crippen LogP contribution in [0.3, 0.4) is 0 Å². The first-order valence-electron chi connectivity index (χ1n) is 4.44. The van der Waals surface area contributed by atoms with E-state index in [0.29, 0.717) is 11.8 Å². The van der Waals surface area contributed by atoms with Crippen molar-refractivity contribution in [3.05, 3.63) is 0 Å². The summed E-state index contributed by atoms with van der Waals surface area (Å²) in [6.07, 6.45) is 0. The van der Waals surface area contributed by atoms with Crippen molar-refractivity contribution in [3.63, 3.8) is 0 Å². The summed E-state index contributed by atoms with van der Waals surface area (Å²) in [6, 6.07) is 0. The Morgan fingerprint density at radius 3 is 1.00 bits per heavy atom.